The molecule has 0 aliphatic heterocycles. The number of aryl methyl sites for hydroxylation is 1. The molecule has 0 spiro atoms. The smallest absolute Gasteiger partial charge is 0.353 e. The third-order valence-electron chi connectivity index (χ3n) is 2.24. The molecule has 98 valence electrons. The second kappa shape index (κ2) is 5.93. The fraction of sp³-hybridized carbons (Fsp3) is 0.727. The lowest BCUT2D eigenvalue weighted by molar-refractivity contribution is -0.135. The van der Waals surface area contributed by atoms with Crippen molar-refractivity contribution in [3.8, 4) is 0 Å². The lowest BCUT2D eigenvalue weighted by Crippen LogP contribution is -2.15. The molecule has 1 heterocycles. The average Bonchev–Trinajstić information content (AvgIpc) is 2.58. The minimum atomic E-state index is -4.05. The van der Waals surface area contributed by atoms with E-state index in [1.807, 2.05) is 18.4 Å². The van der Waals surface area contributed by atoms with Crippen molar-refractivity contribution < 1.29 is 13.2 Å². The lowest BCUT2D eigenvalue weighted by Gasteiger charge is -2.12. The highest BCUT2D eigenvalue weighted by atomic mass is 19.4. The predicted octanol–water partition coefficient (Wildman–Crippen LogP) is 3.44. The van der Waals surface area contributed by atoms with Gasteiger partial charge in [0.1, 0.15) is 0 Å². The Morgan fingerprint density at radius 2 is 2.06 bits per heavy atom. The van der Waals surface area contributed by atoms with Crippen LogP contribution in [0.25, 0.3) is 0 Å². The molecule has 0 amide bonds. The third-order valence-corrected chi connectivity index (χ3v) is 2.24. The van der Waals surface area contributed by atoms with Crippen molar-refractivity contribution in [1.82, 2.24) is 9.55 Å². The highest BCUT2D eigenvalue weighted by Gasteiger charge is 2.25. The van der Waals surface area contributed by atoms with Gasteiger partial charge in [-0.15, -0.1) is 0 Å². The van der Waals surface area contributed by atoms with Crippen LogP contribution >= 0.6 is 0 Å². The van der Waals surface area contributed by atoms with Crippen molar-refractivity contribution in [3.63, 3.8) is 0 Å². The molecule has 17 heavy (non-hydrogen) atoms. The number of halogens is 3. The molecule has 6 heteroatoms. The first-order valence-corrected chi connectivity index (χ1v) is 5.73. The predicted molar refractivity (Wildman–Crippen MR) is 60.9 cm³/mol. The third kappa shape index (κ3) is 5.60. The highest BCUT2D eigenvalue weighted by molar-refractivity contribution is 5.26. The van der Waals surface area contributed by atoms with E-state index in [1.54, 1.807) is 12.4 Å². The normalized spacial score (nSPS) is 12.1. The minimum absolute atomic E-state index is 0.156. The number of nitrogens with zero attached hydrogens (tertiary/aromatic N) is 2. The zero-order valence-electron chi connectivity index (χ0n) is 10.1. The Morgan fingerprint density at radius 1 is 1.35 bits per heavy atom. The molecule has 0 bridgehead atoms. The number of aromatic nitrogens is 2. The van der Waals surface area contributed by atoms with Gasteiger partial charge in [-0.1, -0.05) is 0 Å². The first kappa shape index (κ1) is 13.9. The van der Waals surface area contributed by atoms with E-state index in [0.29, 0.717) is 18.9 Å². The molecular weight excluding hydrogens is 231 g/mol. The van der Waals surface area contributed by atoms with Crippen LogP contribution in [0.4, 0.5) is 19.1 Å². The van der Waals surface area contributed by atoms with E-state index in [2.05, 4.69) is 10.3 Å². The van der Waals surface area contributed by atoms with E-state index in [9.17, 15) is 13.2 Å². The second-order valence-electron chi connectivity index (χ2n) is 4.32. The Morgan fingerprint density at radius 3 is 2.65 bits per heavy atom. The summed E-state index contributed by atoms with van der Waals surface area (Å²) in [5, 5.41) is 3.14. The number of hydrogen-bond acceptors (Lipinski definition) is 2. The summed E-state index contributed by atoms with van der Waals surface area (Å²) in [5.74, 6) is 0.715. The Bertz CT molecular complexity index is 331. The maximum Gasteiger partial charge on any atom is 0.389 e. The van der Waals surface area contributed by atoms with Crippen molar-refractivity contribution in [1.29, 1.82) is 0 Å². The summed E-state index contributed by atoms with van der Waals surface area (Å²) < 4.78 is 37.7. The van der Waals surface area contributed by atoms with Crippen LogP contribution in [-0.4, -0.2) is 21.8 Å². The van der Waals surface area contributed by atoms with Gasteiger partial charge < -0.3 is 9.88 Å². The van der Waals surface area contributed by atoms with Gasteiger partial charge in [0.25, 0.3) is 0 Å². The summed E-state index contributed by atoms with van der Waals surface area (Å²) in [6.07, 6.45) is -0.680. The zero-order valence-corrected chi connectivity index (χ0v) is 10.1. The van der Waals surface area contributed by atoms with Crippen molar-refractivity contribution >= 4 is 5.95 Å². The molecule has 1 rings (SSSR count). The molecule has 1 N–H and O–H groups in total. The van der Waals surface area contributed by atoms with Gasteiger partial charge in [0, 0.05) is 31.4 Å². The van der Waals surface area contributed by atoms with Crippen LogP contribution in [0.2, 0.25) is 0 Å². The number of rotatable bonds is 6. The van der Waals surface area contributed by atoms with Crippen molar-refractivity contribution in [3.05, 3.63) is 12.4 Å². The van der Waals surface area contributed by atoms with E-state index in [0.717, 1.165) is 0 Å². The molecule has 0 saturated heterocycles. The number of anilines is 1. The molecule has 1 aromatic rings. The molecule has 0 aromatic carbocycles. The van der Waals surface area contributed by atoms with Gasteiger partial charge in [0.05, 0.1) is 0 Å². The van der Waals surface area contributed by atoms with E-state index < -0.39 is 12.6 Å². The van der Waals surface area contributed by atoms with Crippen LogP contribution in [0.15, 0.2) is 12.4 Å². The number of unbranched alkanes of at least 4 members (excludes halogenated alkanes) is 1. The molecule has 0 aliphatic rings. The minimum Gasteiger partial charge on any atom is -0.353 e. The van der Waals surface area contributed by atoms with Crippen molar-refractivity contribution in [2.45, 2.75) is 51.9 Å². The van der Waals surface area contributed by atoms with Crippen LogP contribution in [0, 0.1) is 0 Å². The average molecular weight is 249 g/mol. The van der Waals surface area contributed by atoms with E-state index in [1.165, 1.54) is 0 Å². The van der Waals surface area contributed by atoms with Gasteiger partial charge >= 0.3 is 6.18 Å². The van der Waals surface area contributed by atoms with Crippen LogP contribution in [0.3, 0.4) is 0 Å². The molecule has 0 atom stereocenters. The molecule has 3 nitrogen and oxygen atoms in total. The summed E-state index contributed by atoms with van der Waals surface area (Å²) in [6.45, 7) is 4.54. The Labute approximate surface area is 99.0 Å². The number of imidazole rings is 1. The number of nitrogens with one attached hydrogen (secondary N) is 1. The van der Waals surface area contributed by atoms with E-state index >= 15 is 0 Å². The Hall–Kier alpha value is -1.20. The Kier molecular flexibility index (Phi) is 4.84. The molecule has 0 fully saturated rings. The number of hydrogen-bond donors (Lipinski definition) is 1. The lowest BCUT2D eigenvalue weighted by atomic mass is 10.2. The molecule has 1 aromatic heterocycles. The summed E-state index contributed by atoms with van der Waals surface area (Å²) in [6, 6.07) is 0.256. The van der Waals surface area contributed by atoms with Crippen LogP contribution in [-0.2, 0) is 6.54 Å². The molecule has 0 unspecified atom stereocenters. The van der Waals surface area contributed by atoms with Gasteiger partial charge in [0.15, 0.2) is 0 Å². The first-order chi connectivity index (χ1) is 7.88. The first-order valence-electron chi connectivity index (χ1n) is 5.73. The monoisotopic (exact) mass is 249 g/mol. The largest absolute Gasteiger partial charge is 0.389 e. The summed E-state index contributed by atoms with van der Waals surface area (Å²) in [7, 11) is 0. The molecule has 0 radical (unpaired) electrons. The second-order valence-corrected chi connectivity index (χ2v) is 4.32. The van der Waals surface area contributed by atoms with Gasteiger partial charge in [-0.25, -0.2) is 4.98 Å². The van der Waals surface area contributed by atoms with E-state index in [4.69, 9.17) is 0 Å². The van der Waals surface area contributed by atoms with Gasteiger partial charge in [-0.2, -0.15) is 13.2 Å². The van der Waals surface area contributed by atoms with Crippen molar-refractivity contribution in [2.24, 2.45) is 0 Å². The molecule has 0 saturated carbocycles. The van der Waals surface area contributed by atoms with Crippen molar-refractivity contribution in [2.75, 3.05) is 5.32 Å². The number of alkyl halides is 3. The molecular formula is C11H18F3N3. The quantitative estimate of drug-likeness (QED) is 0.783. The van der Waals surface area contributed by atoms with Crippen LogP contribution in [0.5, 0.6) is 0 Å². The van der Waals surface area contributed by atoms with Crippen LogP contribution < -0.4 is 5.32 Å². The standard InChI is InChI=1S/C11H18F3N3/c1-9(2)16-10-15-6-8-17(10)7-4-3-5-11(12,13)14/h6,8-9H,3-5,7H2,1-2H3,(H,15,16). The van der Waals surface area contributed by atoms with Gasteiger partial charge in [0.2, 0.25) is 5.95 Å². The summed E-state index contributed by atoms with van der Waals surface area (Å²) in [4.78, 5) is 4.11. The highest BCUT2D eigenvalue weighted by Crippen LogP contribution is 2.22. The summed E-state index contributed by atoms with van der Waals surface area (Å²) >= 11 is 0. The maximum absolute atomic E-state index is 11.9. The fourth-order valence-corrected chi connectivity index (χ4v) is 1.50. The molecule has 0 aliphatic carbocycles. The van der Waals surface area contributed by atoms with Gasteiger partial charge in [-0.3, -0.25) is 0 Å². The van der Waals surface area contributed by atoms with Gasteiger partial charge in [-0.05, 0) is 26.7 Å². The topological polar surface area (TPSA) is 29.9 Å². The van der Waals surface area contributed by atoms with Crippen LogP contribution in [0.1, 0.15) is 33.1 Å². The van der Waals surface area contributed by atoms with E-state index in [-0.39, 0.29) is 12.5 Å². The fourth-order valence-electron chi connectivity index (χ4n) is 1.50. The SMILES string of the molecule is CC(C)Nc1nccn1CCCCC(F)(F)F. The summed E-state index contributed by atoms with van der Waals surface area (Å²) in [5.41, 5.74) is 0. The Balaban J connectivity index is 2.34. The zero-order chi connectivity index (χ0) is 12.9. The maximum atomic E-state index is 11.9.